The third-order valence-electron chi connectivity index (χ3n) is 2.54. The molecule has 0 rings (SSSR count). The highest BCUT2D eigenvalue weighted by Gasteiger charge is 2.03. The van der Waals surface area contributed by atoms with Crippen LogP contribution in [0.15, 0.2) is 4.99 Å². The van der Waals surface area contributed by atoms with Crippen molar-refractivity contribution in [3.05, 3.63) is 0 Å². The van der Waals surface area contributed by atoms with Crippen molar-refractivity contribution in [2.75, 3.05) is 53.7 Å². The first-order valence-corrected chi connectivity index (χ1v) is 7.35. The van der Waals surface area contributed by atoms with Gasteiger partial charge >= 0.3 is 0 Å². The summed E-state index contributed by atoms with van der Waals surface area (Å²) in [5.41, 5.74) is 0. The van der Waals surface area contributed by atoms with Crippen molar-refractivity contribution in [1.29, 1.82) is 0 Å². The Morgan fingerprint density at radius 3 is 2.48 bits per heavy atom. The molecule has 0 saturated carbocycles. The van der Waals surface area contributed by atoms with E-state index < -0.39 is 0 Å². The van der Waals surface area contributed by atoms with Gasteiger partial charge in [0.25, 0.3) is 0 Å². The highest BCUT2D eigenvalue weighted by atomic mass is 127. The van der Waals surface area contributed by atoms with Crippen LogP contribution in [0.1, 0.15) is 26.7 Å². The maximum Gasteiger partial charge on any atom is 0.191 e. The third kappa shape index (κ3) is 16.1. The molecule has 0 bridgehead atoms. The summed E-state index contributed by atoms with van der Waals surface area (Å²) in [6, 6.07) is 0.246. The van der Waals surface area contributed by atoms with E-state index in [1.807, 2.05) is 0 Å². The van der Waals surface area contributed by atoms with Gasteiger partial charge in [-0.05, 0) is 26.7 Å². The van der Waals surface area contributed by atoms with Gasteiger partial charge in [-0.15, -0.1) is 24.0 Å². The number of hydrogen-bond donors (Lipinski definition) is 2. The van der Waals surface area contributed by atoms with Crippen LogP contribution in [0.25, 0.3) is 0 Å². The normalized spacial score (nSPS) is 12.7. The summed E-state index contributed by atoms with van der Waals surface area (Å²) in [5, 5.41) is 6.53. The van der Waals surface area contributed by atoms with Crippen molar-refractivity contribution in [3.8, 4) is 0 Å². The Morgan fingerprint density at radius 1 is 1.10 bits per heavy atom. The SMILES string of the molecule is CCNC(=NCCCCOCCOC)NC(C)COC.I. The minimum Gasteiger partial charge on any atom is -0.383 e. The summed E-state index contributed by atoms with van der Waals surface area (Å²) in [6.07, 6.45) is 2.03. The van der Waals surface area contributed by atoms with Crippen LogP contribution in [0.3, 0.4) is 0 Å². The molecule has 21 heavy (non-hydrogen) atoms. The first-order chi connectivity index (χ1) is 9.74. The molecule has 0 amide bonds. The van der Waals surface area contributed by atoms with Gasteiger partial charge in [0.2, 0.25) is 0 Å². The lowest BCUT2D eigenvalue weighted by atomic mass is 10.3. The molecular formula is C14H32IN3O3. The average Bonchev–Trinajstić information content (AvgIpc) is 2.42. The molecule has 1 atom stereocenters. The van der Waals surface area contributed by atoms with Crippen LogP contribution >= 0.6 is 24.0 Å². The summed E-state index contributed by atoms with van der Waals surface area (Å²) in [7, 11) is 3.38. The van der Waals surface area contributed by atoms with E-state index in [9.17, 15) is 0 Å². The number of nitrogens with one attached hydrogen (secondary N) is 2. The Hall–Kier alpha value is -0.120. The van der Waals surface area contributed by atoms with Gasteiger partial charge in [0, 0.05) is 40.0 Å². The number of ether oxygens (including phenoxy) is 3. The molecule has 128 valence electrons. The Kier molecular flexibility index (Phi) is 19.8. The summed E-state index contributed by atoms with van der Waals surface area (Å²) >= 11 is 0. The number of nitrogens with zero attached hydrogens (tertiary/aromatic N) is 1. The molecule has 7 heteroatoms. The summed E-state index contributed by atoms with van der Waals surface area (Å²) in [5.74, 6) is 0.845. The summed E-state index contributed by atoms with van der Waals surface area (Å²) in [4.78, 5) is 4.53. The molecular weight excluding hydrogens is 385 g/mol. The molecule has 0 aromatic rings. The molecule has 0 aromatic heterocycles. The van der Waals surface area contributed by atoms with E-state index in [0.717, 1.165) is 38.5 Å². The lowest BCUT2D eigenvalue weighted by Gasteiger charge is -2.16. The molecule has 6 nitrogen and oxygen atoms in total. The molecule has 0 heterocycles. The number of guanidine groups is 1. The smallest absolute Gasteiger partial charge is 0.191 e. The number of hydrogen-bond acceptors (Lipinski definition) is 4. The zero-order chi connectivity index (χ0) is 15.1. The predicted molar refractivity (Wildman–Crippen MR) is 97.8 cm³/mol. The number of halogens is 1. The Labute approximate surface area is 146 Å². The first-order valence-electron chi connectivity index (χ1n) is 7.35. The molecule has 0 aliphatic carbocycles. The van der Waals surface area contributed by atoms with Crippen molar-refractivity contribution in [3.63, 3.8) is 0 Å². The zero-order valence-electron chi connectivity index (χ0n) is 13.8. The van der Waals surface area contributed by atoms with E-state index in [-0.39, 0.29) is 30.0 Å². The van der Waals surface area contributed by atoms with Gasteiger partial charge in [-0.25, -0.2) is 0 Å². The fraction of sp³-hybridized carbons (Fsp3) is 0.929. The molecule has 0 aromatic carbocycles. The lowest BCUT2D eigenvalue weighted by Crippen LogP contribution is -2.44. The van der Waals surface area contributed by atoms with Crippen LogP contribution in [-0.2, 0) is 14.2 Å². The maximum absolute atomic E-state index is 5.40. The highest BCUT2D eigenvalue weighted by molar-refractivity contribution is 14.0. The van der Waals surface area contributed by atoms with Crippen molar-refractivity contribution in [1.82, 2.24) is 10.6 Å². The van der Waals surface area contributed by atoms with Crippen molar-refractivity contribution in [2.45, 2.75) is 32.7 Å². The minimum absolute atomic E-state index is 0. The van der Waals surface area contributed by atoms with Gasteiger partial charge in [0.05, 0.1) is 19.8 Å². The molecule has 0 saturated heterocycles. The van der Waals surface area contributed by atoms with Crippen LogP contribution in [0, 0.1) is 0 Å². The molecule has 0 fully saturated rings. The van der Waals surface area contributed by atoms with Crippen LogP contribution in [0.2, 0.25) is 0 Å². The Bertz CT molecular complexity index is 244. The third-order valence-corrected chi connectivity index (χ3v) is 2.54. The van der Waals surface area contributed by atoms with Gasteiger partial charge in [-0.2, -0.15) is 0 Å². The number of methoxy groups -OCH3 is 2. The number of unbranched alkanes of at least 4 members (excludes halogenated alkanes) is 1. The van der Waals surface area contributed by atoms with E-state index in [2.05, 4.69) is 29.5 Å². The number of aliphatic imine (C=N–C) groups is 1. The van der Waals surface area contributed by atoms with Gasteiger partial charge in [0.15, 0.2) is 5.96 Å². The topological polar surface area (TPSA) is 64.1 Å². The van der Waals surface area contributed by atoms with Crippen LogP contribution in [-0.4, -0.2) is 65.7 Å². The lowest BCUT2D eigenvalue weighted by molar-refractivity contribution is 0.0690. The van der Waals surface area contributed by atoms with E-state index >= 15 is 0 Å². The van der Waals surface area contributed by atoms with Gasteiger partial charge in [0.1, 0.15) is 0 Å². The zero-order valence-corrected chi connectivity index (χ0v) is 16.1. The monoisotopic (exact) mass is 417 g/mol. The minimum atomic E-state index is 0. The number of rotatable bonds is 12. The van der Waals surface area contributed by atoms with E-state index in [1.165, 1.54) is 0 Å². The fourth-order valence-electron chi connectivity index (χ4n) is 1.60. The molecule has 0 spiro atoms. The second-order valence-electron chi connectivity index (χ2n) is 4.57. The second kappa shape index (κ2) is 17.9. The van der Waals surface area contributed by atoms with Gasteiger partial charge in [-0.1, -0.05) is 0 Å². The molecule has 2 N–H and O–H groups in total. The maximum atomic E-state index is 5.40. The quantitative estimate of drug-likeness (QED) is 0.219. The molecule has 0 aliphatic rings. The molecule has 0 aliphatic heterocycles. The molecule has 0 radical (unpaired) electrons. The molecule has 1 unspecified atom stereocenters. The van der Waals surface area contributed by atoms with E-state index in [4.69, 9.17) is 14.2 Å². The van der Waals surface area contributed by atoms with E-state index in [0.29, 0.717) is 19.8 Å². The summed E-state index contributed by atoms with van der Waals surface area (Å²) in [6.45, 7) is 8.53. The Balaban J connectivity index is 0. The highest BCUT2D eigenvalue weighted by Crippen LogP contribution is 1.92. The van der Waals surface area contributed by atoms with Crippen LogP contribution in [0.4, 0.5) is 0 Å². The average molecular weight is 417 g/mol. The predicted octanol–water partition coefficient (Wildman–Crippen LogP) is 1.64. The first kappa shape index (κ1) is 23.2. The Morgan fingerprint density at radius 2 is 1.86 bits per heavy atom. The largest absolute Gasteiger partial charge is 0.383 e. The standard InChI is InChI=1S/C14H31N3O3.HI/c1-5-15-14(17-13(2)12-19-4)16-8-6-7-9-20-11-10-18-3;/h13H,5-12H2,1-4H3,(H2,15,16,17);1H. The van der Waals surface area contributed by atoms with Crippen LogP contribution in [0.5, 0.6) is 0 Å². The van der Waals surface area contributed by atoms with Crippen molar-refractivity contribution in [2.24, 2.45) is 4.99 Å². The van der Waals surface area contributed by atoms with E-state index in [1.54, 1.807) is 14.2 Å². The van der Waals surface area contributed by atoms with Crippen LogP contribution < -0.4 is 10.6 Å². The van der Waals surface area contributed by atoms with Crippen molar-refractivity contribution >= 4 is 29.9 Å². The van der Waals surface area contributed by atoms with Gasteiger partial charge < -0.3 is 24.8 Å². The van der Waals surface area contributed by atoms with Crippen molar-refractivity contribution < 1.29 is 14.2 Å². The van der Waals surface area contributed by atoms with Gasteiger partial charge in [-0.3, -0.25) is 4.99 Å². The fourth-order valence-corrected chi connectivity index (χ4v) is 1.60. The second-order valence-corrected chi connectivity index (χ2v) is 4.57. The summed E-state index contributed by atoms with van der Waals surface area (Å²) < 4.78 is 15.4.